The number of amides is 1. The van der Waals surface area contributed by atoms with Crippen LogP contribution in [0.25, 0.3) is 0 Å². The van der Waals surface area contributed by atoms with Crippen LogP contribution >= 0.6 is 0 Å². The highest BCUT2D eigenvalue weighted by Gasteiger charge is 2.32. The Hall–Kier alpha value is -1.62. The number of hydrogen-bond donors (Lipinski definition) is 2. The lowest BCUT2D eigenvalue weighted by Crippen LogP contribution is -2.59. The Labute approximate surface area is 120 Å². The lowest BCUT2D eigenvalue weighted by molar-refractivity contribution is -0.123. The summed E-state index contributed by atoms with van der Waals surface area (Å²) in [6, 6.07) is 6.25. The molecule has 20 heavy (non-hydrogen) atoms. The van der Waals surface area contributed by atoms with Crippen molar-refractivity contribution in [3.8, 4) is 0 Å². The number of nitrogens with zero attached hydrogens (tertiary/aromatic N) is 1. The van der Waals surface area contributed by atoms with Gasteiger partial charge in [0.2, 0.25) is 5.91 Å². The van der Waals surface area contributed by atoms with E-state index in [0.29, 0.717) is 13.1 Å². The van der Waals surface area contributed by atoms with Crippen LogP contribution in [-0.4, -0.2) is 31.1 Å². The SMILES string of the molecule is CCCNC(C)(CN(CC)c1ccc(F)cc1)C(N)=O. The summed E-state index contributed by atoms with van der Waals surface area (Å²) in [7, 11) is 0. The molecule has 0 aliphatic rings. The van der Waals surface area contributed by atoms with Crippen molar-refractivity contribution in [2.24, 2.45) is 5.73 Å². The standard InChI is InChI=1S/C15H24FN3O/c1-4-10-18-15(3,14(17)20)11-19(5-2)13-8-6-12(16)7-9-13/h6-9,18H,4-5,10-11H2,1-3H3,(H2,17,20). The summed E-state index contributed by atoms with van der Waals surface area (Å²) < 4.78 is 13.0. The minimum absolute atomic E-state index is 0.272. The number of nitrogens with one attached hydrogen (secondary N) is 1. The Kier molecular flexibility index (Phi) is 5.95. The number of carbonyl (C=O) groups excluding carboxylic acids is 1. The van der Waals surface area contributed by atoms with E-state index in [1.807, 2.05) is 18.7 Å². The van der Waals surface area contributed by atoms with Gasteiger partial charge in [-0.25, -0.2) is 4.39 Å². The molecule has 5 heteroatoms. The summed E-state index contributed by atoms with van der Waals surface area (Å²) in [5.74, 6) is -0.655. The topological polar surface area (TPSA) is 58.4 Å². The number of rotatable bonds is 8. The van der Waals surface area contributed by atoms with Crippen molar-refractivity contribution in [1.29, 1.82) is 0 Å². The summed E-state index contributed by atoms with van der Waals surface area (Å²) in [4.78, 5) is 13.7. The van der Waals surface area contributed by atoms with Gasteiger partial charge < -0.3 is 16.0 Å². The molecular formula is C15H24FN3O. The maximum Gasteiger partial charge on any atom is 0.239 e. The van der Waals surface area contributed by atoms with E-state index in [-0.39, 0.29) is 11.7 Å². The average Bonchev–Trinajstić information content (AvgIpc) is 2.43. The molecule has 0 saturated heterocycles. The molecule has 1 amide bonds. The van der Waals surface area contributed by atoms with Crippen LogP contribution < -0.4 is 16.0 Å². The molecule has 0 heterocycles. The smallest absolute Gasteiger partial charge is 0.239 e. The van der Waals surface area contributed by atoms with Crippen molar-refractivity contribution in [3.05, 3.63) is 30.1 Å². The maximum atomic E-state index is 13.0. The third-order valence-corrected chi connectivity index (χ3v) is 3.39. The molecule has 0 fully saturated rings. The van der Waals surface area contributed by atoms with Crippen molar-refractivity contribution in [2.75, 3.05) is 24.5 Å². The number of hydrogen-bond acceptors (Lipinski definition) is 3. The van der Waals surface area contributed by atoms with Gasteiger partial charge in [-0.2, -0.15) is 0 Å². The van der Waals surface area contributed by atoms with E-state index in [1.165, 1.54) is 12.1 Å². The predicted molar refractivity (Wildman–Crippen MR) is 80.2 cm³/mol. The van der Waals surface area contributed by atoms with Gasteiger partial charge in [0.15, 0.2) is 0 Å². The lowest BCUT2D eigenvalue weighted by atomic mass is 10.00. The van der Waals surface area contributed by atoms with E-state index in [4.69, 9.17) is 5.73 Å². The molecule has 1 aromatic carbocycles. The quantitative estimate of drug-likeness (QED) is 0.765. The number of halogens is 1. The number of anilines is 1. The van der Waals surface area contributed by atoms with Crippen LogP contribution in [0, 0.1) is 5.82 Å². The maximum absolute atomic E-state index is 13.0. The molecule has 0 saturated carbocycles. The monoisotopic (exact) mass is 281 g/mol. The zero-order valence-corrected chi connectivity index (χ0v) is 12.4. The van der Waals surface area contributed by atoms with Gasteiger partial charge >= 0.3 is 0 Å². The summed E-state index contributed by atoms with van der Waals surface area (Å²) >= 11 is 0. The molecule has 4 nitrogen and oxygen atoms in total. The van der Waals surface area contributed by atoms with Gasteiger partial charge in [0.1, 0.15) is 11.4 Å². The highest BCUT2D eigenvalue weighted by atomic mass is 19.1. The second-order valence-electron chi connectivity index (χ2n) is 5.11. The van der Waals surface area contributed by atoms with E-state index < -0.39 is 5.54 Å². The van der Waals surface area contributed by atoms with Crippen LogP contribution in [0.15, 0.2) is 24.3 Å². The number of carbonyl (C=O) groups is 1. The number of primary amides is 1. The number of benzene rings is 1. The minimum Gasteiger partial charge on any atom is -0.369 e. The Morgan fingerprint density at radius 3 is 2.40 bits per heavy atom. The van der Waals surface area contributed by atoms with Crippen molar-refractivity contribution in [2.45, 2.75) is 32.7 Å². The molecule has 0 radical (unpaired) electrons. The zero-order chi connectivity index (χ0) is 15.2. The van der Waals surface area contributed by atoms with Gasteiger partial charge in [-0.05, 0) is 51.1 Å². The third kappa shape index (κ3) is 4.20. The van der Waals surface area contributed by atoms with Crippen LogP contribution in [-0.2, 0) is 4.79 Å². The first kappa shape index (κ1) is 16.4. The predicted octanol–water partition coefficient (Wildman–Crippen LogP) is 1.90. The van der Waals surface area contributed by atoms with Crippen molar-refractivity contribution < 1.29 is 9.18 Å². The van der Waals surface area contributed by atoms with Gasteiger partial charge in [-0.15, -0.1) is 0 Å². The lowest BCUT2D eigenvalue weighted by Gasteiger charge is -2.34. The second-order valence-corrected chi connectivity index (χ2v) is 5.11. The van der Waals surface area contributed by atoms with Crippen LogP contribution in [0.2, 0.25) is 0 Å². The average molecular weight is 281 g/mol. The highest BCUT2D eigenvalue weighted by Crippen LogP contribution is 2.18. The molecule has 0 aliphatic heterocycles. The summed E-state index contributed by atoms with van der Waals surface area (Å²) in [6.07, 6.45) is 0.922. The van der Waals surface area contributed by atoms with Gasteiger partial charge in [0.05, 0.1) is 0 Å². The van der Waals surface area contributed by atoms with Crippen molar-refractivity contribution in [3.63, 3.8) is 0 Å². The summed E-state index contributed by atoms with van der Waals surface area (Å²) in [5, 5.41) is 3.20. The molecule has 0 spiro atoms. The van der Waals surface area contributed by atoms with E-state index in [1.54, 1.807) is 19.1 Å². The normalized spacial score (nSPS) is 13.8. The fourth-order valence-corrected chi connectivity index (χ4v) is 2.04. The molecule has 3 N–H and O–H groups in total. The van der Waals surface area contributed by atoms with Gasteiger partial charge in [0.25, 0.3) is 0 Å². The molecule has 0 bridgehead atoms. The van der Waals surface area contributed by atoms with Crippen LogP contribution in [0.4, 0.5) is 10.1 Å². The Morgan fingerprint density at radius 2 is 1.95 bits per heavy atom. The third-order valence-electron chi connectivity index (χ3n) is 3.39. The largest absolute Gasteiger partial charge is 0.369 e. The molecule has 112 valence electrons. The van der Waals surface area contributed by atoms with Gasteiger partial charge in [-0.3, -0.25) is 4.79 Å². The summed E-state index contributed by atoms with van der Waals surface area (Å²) in [5.41, 5.74) is 5.60. The molecule has 1 aromatic rings. The summed E-state index contributed by atoms with van der Waals surface area (Å²) in [6.45, 7) is 7.71. The Morgan fingerprint density at radius 1 is 1.35 bits per heavy atom. The zero-order valence-electron chi connectivity index (χ0n) is 12.4. The molecule has 1 rings (SSSR count). The highest BCUT2D eigenvalue weighted by molar-refractivity contribution is 5.85. The number of nitrogens with two attached hydrogens (primary N) is 1. The minimum atomic E-state index is -0.805. The van der Waals surface area contributed by atoms with E-state index >= 15 is 0 Å². The second kappa shape index (κ2) is 7.24. The number of likely N-dealkylation sites (N-methyl/N-ethyl adjacent to an activating group) is 1. The molecular weight excluding hydrogens is 257 g/mol. The van der Waals surface area contributed by atoms with Crippen molar-refractivity contribution >= 4 is 11.6 Å². The van der Waals surface area contributed by atoms with E-state index in [0.717, 1.165) is 18.7 Å². The van der Waals surface area contributed by atoms with Crippen LogP contribution in [0.3, 0.4) is 0 Å². The molecule has 1 unspecified atom stereocenters. The van der Waals surface area contributed by atoms with E-state index in [2.05, 4.69) is 5.32 Å². The first-order valence-electron chi connectivity index (χ1n) is 6.98. The van der Waals surface area contributed by atoms with Crippen LogP contribution in [0.5, 0.6) is 0 Å². The fraction of sp³-hybridized carbons (Fsp3) is 0.533. The molecule has 0 aromatic heterocycles. The first-order valence-corrected chi connectivity index (χ1v) is 6.98. The van der Waals surface area contributed by atoms with Crippen LogP contribution in [0.1, 0.15) is 27.2 Å². The van der Waals surface area contributed by atoms with Crippen molar-refractivity contribution in [1.82, 2.24) is 5.32 Å². The molecule has 0 aliphatic carbocycles. The fourth-order valence-electron chi connectivity index (χ4n) is 2.04. The Bertz CT molecular complexity index is 435. The Balaban J connectivity index is 2.88. The first-order chi connectivity index (χ1) is 9.42. The van der Waals surface area contributed by atoms with Gasteiger partial charge in [0, 0.05) is 18.8 Å². The van der Waals surface area contributed by atoms with Gasteiger partial charge in [-0.1, -0.05) is 6.92 Å². The molecule has 1 atom stereocenters. The van der Waals surface area contributed by atoms with E-state index in [9.17, 15) is 9.18 Å².